The van der Waals surface area contributed by atoms with Crippen molar-refractivity contribution in [3.8, 4) is 0 Å². The number of methoxy groups -OCH3 is 1. The molecule has 0 unspecified atom stereocenters. The molecule has 0 saturated carbocycles. The summed E-state index contributed by atoms with van der Waals surface area (Å²) in [4.78, 5) is 14.5. The Hall–Kier alpha value is -1.79. The minimum atomic E-state index is -4.40. The van der Waals surface area contributed by atoms with Crippen LogP contribution in [0.25, 0.3) is 0 Å². The van der Waals surface area contributed by atoms with Crippen LogP contribution in [0.4, 0.5) is 19.0 Å². The third-order valence-corrected chi connectivity index (χ3v) is 1.95. The van der Waals surface area contributed by atoms with Crippen molar-refractivity contribution in [1.29, 1.82) is 0 Å². The van der Waals surface area contributed by atoms with E-state index < -0.39 is 17.7 Å². The number of pyridine rings is 1. The molecule has 0 aromatic carbocycles. The quantitative estimate of drug-likeness (QED) is 0.829. The summed E-state index contributed by atoms with van der Waals surface area (Å²) in [6.07, 6.45) is -3.28. The fourth-order valence-electron chi connectivity index (χ4n) is 1.10. The molecule has 17 heavy (non-hydrogen) atoms. The Morgan fingerprint density at radius 1 is 1.53 bits per heavy atom. The number of carbonyl (C=O) groups is 1. The van der Waals surface area contributed by atoms with Crippen LogP contribution in [-0.2, 0) is 15.7 Å². The van der Waals surface area contributed by atoms with Crippen molar-refractivity contribution in [2.75, 3.05) is 19.0 Å². The maximum atomic E-state index is 12.3. The number of aromatic nitrogens is 1. The SMILES string of the molecule is COC(=O)CCNc1cc(C(F)(F)F)ccn1. The van der Waals surface area contributed by atoms with Crippen LogP contribution in [0.3, 0.4) is 0 Å². The van der Waals surface area contributed by atoms with Gasteiger partial charge in [-0.05, 0) is 12.1 Å². The first kappa shape index (κ1) is 13.3. The molecule has 94 valence electrons. The van der Waals surface area contributed by atoms with Crippen LogP contribution < -0.4 is 5.32 Å². The molecule has 0 aliphatic rings. The van der Waals surface area contributed by atoms with Crippen molar-refractivity contribution in [3.05, 3.63) is 23.9 Å². The lowest BCUT2D eigenvalue weighted by Crippen LogP contribution is -2.12. The van der Waals surface area contributed by atoms with Crippen LogP contribution >= 0.6 is 0 Å². The highest BCUT2D eigenvalue weighted by atomic mass is 19.4. The molecule has 7 heteroatoms. The van der Waals surface area contributed by atoms with E-state index in [4.69, 9.17) is 0 Å². The lowest BCUT2D eigenvalue weighted by atomic mass is 10.2. The summed E-state index contributed by atoms with van der Waals surface area (Å²) in [5.41, 5.74) is -0.784. The number of esters is 1. The van der Waals surface area contributed by atoms with Crippen molar-refractivity contribution in [2.24, 2.45) is 0 Å². The molecule has 0 saturated heterocycles. The molecular formula is C10H11F3N2O2. The molecule has 0 atom stereocenters. The van der Waals surface area contributed by atoms with E-state index in [1.165, 1.54) is 7.11 Å². The minimum Gasteiger partial charge on any atom is -0.469 e. The van der Waals surface area contributed by atoms with Crippen molar-refractivity contribution in [2.45, 2.75) is 12.6 Å². The molecule has 0 aliphatic heterocycles. The molecule has 0 bridgehead atoms. The van der Waals surface area contributed by atoms with Crippen molar-refractivity contribution >= 4 is 11.8 Å². The molecular weight excluding hydrogens is 237 g/mol. The molecule has 0 radical (unpaired) electrons. The van der Waals surface area contributed by atoms with Crippen molar-refractivity contribution in [1.82, 2.24) is 4.98 Å². The van der Waals surface area contributed by atoms with Crippen LogP contribution in [0, 0.1) is 0 Å². The zero-order chi connectivity index (χ0) is 12.9. The lowest BCUT2D eigenvalue weighted by molar-refractivity contribution is -0.140. The average molecular weight is 248 g/mol. The van der Waals surface area contributed by atoms with Crippen LogP contribution in [0.1, 0.15) is 12.0 Å². The summed E-state index contributed by atoms with van der Waals surface area (Å²) >= 11 is 0. The normalized spacial score (nSPS) is 11.1. The van der Waals surface area contributed by atoms with Crippen LogP contribution in [-0.4, -0.2) is 24.6 Å². The second kappa shape index (κ2) is 5.51. The Bertz CT molecular complexity index is 393. The molecule has 0 amide bonds. The maximum Gasteiger partial charge on any atom is 0.416 e. The number of rotatable bonds is 4. The second-order valence-electron chi connectivity index (χ2n) is 3.18. The standard InChI is InChI=1S/C10H11F3N2O2/c1-17-9(16)3-5-15-8-6-7(2-4-14-8)10(11,12)13/h2,4,6H,3,5H2,1H3,(H,14,15). The molecule has 1 aromatic rings. The summed E-state index contributed by atoms with van der Waals surface area (Å²) in [5, 5.41) is 2.61. The topological polar surface area (TPSA) is 51.2 Å². The summed E-state index contributed by atoms with van der Waals surface area (Å²) in [6.45, 7) is 0.168. The predicted octanol–water partition coefficient (Wildman–Crippen LogP) is 2.08. The number of hydrogen-bond donors (Lipinski definition) is 1. The average Bonchev–Trinajstić information content (AvgIpc) is 2.28. The zero-order valence-corrected chi connectivity index (χ0v) is 9.04. The highest BCUT2D eigenvalue weighted by molar-refractivity contribution is 5.69. The Kier molecular flexibility index (Phi) is 4.30. The van der Waals surface area contributed by atoms with Gasteiger partial charge in [0.2, 0.25) is 0 Å². The van der Waals surface area contributed by atoms with E-state index in [1.807, 2.05) is 0 Å². The van der Waals surface area contributed by atoms with E-state index in [0.717, 1.165) is 18.3 Å². The largest absolute Gasteiger partial charge is 0.469 e. The fraction of sp³-hybridized carbons (Fsp3) is 0.400. The third kappa shape index (κ3) is 4.29. The fourth-order valence-corrected chi connectivity index (χ4v) is 1.10. The monoisotopic (exact) mass is 248 g/mol. The van der Waals surface area contributed by atoms with Gasteiger partial charge in [0.15, 0.2) is 0 Å². The zero-order valence-electron chi connectivity index (χ0n) is 9.04. The van der Waals surface area contributed by atoms with E-state index >= 15 is 0 Å². The number of ether oxygens (including phenoxy) is 1. The minimum absolute atomic E-state index is 0.0639. The number of anilines is 1. The number of carbonyl (C=O) groups excluding carboxylic acids is 1. The van der Waals surface area contributed by atoms with E-state index in [9.17, 15) is 18.0 Å². The smallest absolute Gasteiger partial charge is 0.416 e. The van der Waals surface area contributed by atoms with Crippen molar-refractivity contribution in [3.63, 3.8) is 0 Å². The van der Waals surface area contributed by atoms with Gasteiger partial charge in [-0.1, -0.05) is 0 Å². The number of nitrogens with zero attached hydrogens (tertiary/aromatic N) is 1. The van der Waals surface area contributed by atoms with Gasteiger partial charge in [0.25, 0.3) is 0 Å². The highest BCUT2D eigenvalue weighted by Crippen LogP contribution is 2.29. The third-order valence-electron chi connectivity index (χ3n) is 1.95. The van der Waals surface area contributed by atoms with Crippen LogP contribution in [0.15, 0.2) is 18.3 Å². The summed E-state index contributed by atoms with van der Waals surface area (Å²) < 4.78 is 41.4. The molecule has 0 aliphatic carbocycles. The Labute approximate surface area is 95.8 Å². The number of hydrogen-bond acceptors (Lipinski definition) is 4. The van der Waals surface area contributed by atoms with Gasteiger partial charge in [-0.25, -0.2) is 4.98 Å². The maximum absolute atomic E-state index is 12.3. The van der Waals surface area contributed by atoms with E-state index in [1.54, 1.807) is 0 Å². The van der Waals surface area contributed by atoms with Crippen molar-refractivity contribution < 1.29 is 22.7 Å². The lowest BCUT2D eigenvalue weighted by Gasteiger charge is -2.09. The molecule has 0 spiro atoms. The first-order valence-corrected chi connectivity index (χ1v) is 4.77. The van der Waals surface area contributed by atoms with Gasteiger partial charge in [0.05, 0.1) is 19.1 Å². The van der Waals surface area contributed by atoms with Gasteiger partial charge < -0.3 is 10.1 Å². The molecule has 1 aromatic heterocycles. The van der Waals surface area contributed by atoms with Gasteiger partial charge in [0.1, 0.15) is 5.82 Å². The number of nitrogens with one attached hydrogen (secondary N) is 1. The van der Waals surface area contributed by atoms with E-state index in [0.29, 0.717) is 0 Å². The summed E-state index contributed by atoms with van der Waals surface area (Å²) in [7, 11) is 1.24. The van der Waals surface area contributed by atoms with Crippen LogP contribution in [0.5, 0.6) is 0 Å². The van der Waals surface area contributed by atoms with E-state index in [-0.39, 0.29) is 18.8 Å². The van der Waals surface area contributed by atoms with Gasteiger partial charge in [-0.15, -0.1) is 0 Å². The predicted molar refractivity (Wildman–Crippen MR) is 54.4 cm³/mol. The molecule has 1 heterocycles. The first-order valence-electron chi connectivity index (χ1n) is 4.77. The molecule has 0 fully saturated rings. The summed E-state index contributed by atoms with van der Waals surface area (Å²) in [6, 6.07) is 1.77. The molecule has 1 rings (SSSR count). The van der Waals surface area contributed by atoms with E-state index in [2.05, 4.69) is 15.0 Å². The van der Waals surface area contributed by atoms with Gasteiger partial charge in [-0.2, -0.15) is 13.2 Å². The molecule has 1 N–H and O–H groups in total. The van der Waals surface area contributed by atoms with Gasteiger partial charge in [-0.3, -0.25) is 4.79 Å². The first-order chi connectivity index (χ1) is 7.93. The Morgan fingerprint density at radius 3 is 2.82 bits per heavy atom. The number of alkyl halides is 3. The highest BCUT2D eigenvalue weighted by Gasteiger charge is 2.30. The number of halogens is 3. The van der Waals surface area contributed by atoms with Gasteiger partial charge >= 0.3 is 12.1 Å². The molecule has 4 nitrogen and oxygen atoms in total. The van der Waals surface area contributed by atoms with Gasteiger partial charge in [0, 0.05) is 12.7 Å². The Balaban J connectivity index is 2.58. The van der Waals surface area contributed by atoms with Crippen LogP contribution in [0.2, 0.25) is 0 Å². The second-order valence-corrected chi connectivity index (χ2v) is 3.18. The Morgan fingerprint density at radius 2 is 2.24 bits per heavy atom. The summed E-state index contributed by atoms with van der Waals surface area (Å²) in [5.74, 6) is -0.367.